The Labute approximate surface area is 110 Å². The van der Waals surface area contributed by atoms with Crippen molar-refractivity contribution in [3.8, 4) is 0 Å². The maximum Gasteiger partial charge on any atom is 0.242 e. The van der Waals surface area contributed by atoms with Gasteiger partial charge in [-0.1, -0.05) is 20.3 Å². The minimum Gasteiger partial charge on any atom is -0.341 e. The van der Waals surface area contributed by atoms with E-state index in [4.69, 9.17) is 0 Å². The molecule has 1 rings (SSSR count). The van der Waals surface area contributed by atoms with E-state index in [1.807, 2.05) is 4.90 Å². The average molecular weight is 254 g/mol. The van der Waals surface area contributed by atoms with E-state index < -0.39 is 0 Å². The van der Waals surface area contributed by atoms with Crippen molar-refractivity contribution in [2.45, 2.75) is 52.4 Å². The standard InChI is InChI=1S/C14H26N2O2/c1-3-5-10-15(9-4-2)14(18)12-16-11-7-6-8-13(16)17/h3-12H2,1-2H3. The van der Waals surface area contributed by atoms with Gasteiger partial charge in [-0.15, -0.1) is 0 Å². The van der Waals surface area contributed by atoms with E-state index in [2.05, 4.69) is 13.8 Å². The number of carbonyl (C=O) groups excluding carboxylic acids is 2. The molecule has 0 aliphatic carbocycles. The molecule has 0 spiro atoms. The molecule has 4 nitrogen and oxygen atoms in total. The summed E-state index contributed by atoms with van der Waals surface area (Å²) in [7, 11) is 0. The Morgan fingerprint density at radius 1 is 1.22 bits per heavy atom. The Morgan fingerprint density at radius 3 is 2.61 bits per heavy atom. The molecule has 0 bridgehead atoms. The summed E-state index contributed by atoms with van der Waals surface area (Å²) in [5.41, 5.74) is 0. The number of rotatable bonds is 7. The SMILES string of the molecule is CCCCN(CCC)C(=O)CN1CCCCC1=O. The Hall–Kier alpha value is -1.06. The molecule has 1 fully saturated rings. The average Bonchev–Trinajstić information content (AvgIpc) is 2.37. The Bertz CT molecular complexity index is 279. The first-order valence-electron chi connectivity index (χ1n) is 7.24. The molecule has 0 radical (unpaired) electrons. The molecule has 0 atom stereocenters. The van der Waals surface area contributed by atoms with Gasteiger partial charge < -0.3 is 9.80 Å². The lowest BCUT2D eigenvalue weighted by Gasteiger charge is -2.29. The molecule has 1 aliphatic rings. The zero-order chi connectivity index (χ0) is 13.4. The Balaban J connectivity index is 2.46. The summed E-state index contributed by atoms with van der Waals surface area (Å²) in [4.78, 5) is 27.5. The van der Waals surface area contributed by atoms with Gasteiger partial charge in [0.2, 0.25) is 11.8 Å². The van der Waals surface area contributed by atoms with Crippen LogP contribution in [0, 0.1) is 0 Å². The van der Waals surface area contributed by atoms with Gasteiger partial charge >= 0.3 is 0 Å². The number of piperidine rings is 1. The van der Waals surface area contributed by atoms with Gasteiger partial charge in [0.05, 0.1) is 6.54 Å². The Kier molecular flexibility index (Phi) is 6.76. The van der Waals surface area contributed by atoms with Crippen molar-refractivity contribution in [1.82, 2.24) is 9.80 Å². The van der Waals surface area contributed by atoms with Gasteiger partial charge in [-0.2, -0.15) is 0 Å². The van der Waals surface area contributed by atoms with Crippen LogP contribution in [0.25, 0.3) is 0 Å². The van der Waals surface area contributed by atoms with E-state index in [1.54, 1.807) is 4.90 Å². The molecule has 2 amide bonds. The van der Waals surface area contributed by atoms with E-state index in [0.717, 1.165) is 51.7 Å². The molecule has 1 aliphatic heterocycles. The minimum atomic E-state index is 0.112. The van der Waals surface area contributed by atoms with Crippen LogP contribution in [-0.2, 0) is 9.59 Å². The van der Waals surface area contributed by atoms with Crippen molar-refractivity contribution in [2.75, 3.05) is 26.2 Å². The van der Waals surface area contributed by atoms with Crippen LogP contribution in [0.5, 0.6) is 0 Å². The van der Waals surface area contributed by atoms with Crippen molar-refractivity contribution in [1.29, 1.82) is 0 Å². The number of likely N-dealkylation sites (tertiary alicyclic amines) is 1. The zero-order valence-electron chi connectivity index (χ0n) is 11.8. The van der Waals surface area contributed by atoms with Gasteiger partial charge in [-0.05, 0) is 25.7 Å². The lowest BCUT2D eigenvalue weighted by Crippen LogP contribution is -2.45. The fourth-order valence-corrected chi connectivity index (χ4v) is 2.27. The van der Waals surface area contributed by atoms with Crippen molar-refractivity contribution < 1.29 is 9.59 Å². The largest absolute Gasteiger partial charge is 0.341 e. The van der Waals surface area contributed by atoms with E-state index >= 15 is 0 Å². The first kappa shape index (κ1) is 15.0. The lowest BCUT2D eigenvalue weighted by atomic mass is 10.1. The summed E-state index contributed by atoms with van der Waals surface area (Å²) in [6.07, 6.45) is 5.72. The highest BCUT2D eigenvalue weighted by atomic mass is 16.2. The molecule has 18 heavy (non-hydrogen) atoms. The maximum atomic E-state index is 12.2. The molecule has 1 heterocycles. The Morgan fingerprint density at radius 2 is 2.00 bits per heavy atom. The molecule has 0 aromatic heterocycles. The molecule has 4 heteroatoms. The van der Waals surface area contributed by atoms with Crippen LogP contribution in [0.4, 0.5) is 0 Å². The fraction of sp³-hybridized carbons (Fsp3) is 0.857. The molecule has 0 aromatic rings. The first-order chi connectivity index (χ1) is 8.69. The van der Waals surface area contributed by atoms with Gasteiger partial charge in [0.25, 0.3) is 0 Å². The van der Waals surface area contributed by atoms with Crippen LogP contribution in [0.1, 0.15) is 52.4 Å². The van der Waals surface area contributed by atoms with Crippen LogP contribution in [0.2, 0.25) is 0 Å². The third kappa shape index (κ3) is 4.67. The van der Waals surface area contributed by atoms with Crippen LogP contribution in [0.15, 0.2) is 0 Å². The van der Waals surface area contributed by atoms with Gasteiger partial charge in [0.15, 0.2) is 0 Å². The van der Waals surface area contributed by atoms with Crippen LogP contribution < -0.4 is 0 Å². The molecule has 1 saturated heterocycles. The van der Waals surface area contributed by atoms with Crippen LogP contribution in [0.3, 0.4) is 0 Å². The van der Waals surface area contributed by atoms with E-state index in [0.29, 0.717) is 6.42 Å². The molecule has 0 saturated carbocycles. The summed E-state index contributed by atoms with van der Waals surface area (Å²) < 4.78 is 0. The second-order valence-corrected chi connectivity index (χ2v) is 5.01. The molecule has 0 N–H and O–H groups in total. The number of hydrogen-bond acceptors (Lipinski definition) is 2. The normalized spacial score (nSPS) is 15.9. The number of amides is 2. The van der Waals surface area contributed by atoms with Crippen molar-refractivity contribution in [3.05, 3.63) is 0 Å². The minimum absolute atomic E-state index is 0.112. The van der Waals surface area contributed by atoms with Gasteiger partial charge in [-0.25, -0.2) is 0 Å². The second-order valence-electron chi connectivity index (χ2n) is 5.01. The predicted molar refractivity (Wildman–Crippen MR) is 72.2 cm³/mol. The first-order valence-corrected chi connectivity index (χ1v) is 7.24. The van der Waals surface area contributed by atoms with Gasteiger partial charge in [0, 0.05) is 26.1 Å². The summed E-state index contributed by atoms with van der Waals surface area (Å²) >= 11 is 0. The number of hydrogen-bond donors (Lipinski definition) is 0. The van der Waals surface area contributed by atoms with Crippen molar-refractivity contribution >= 4 is 11.8 Å². The number of nitrogens with zero attached hydrogens (tertiary/aromatic N) is 2. The van der Waals surface area contributed by atoms with Crippen molar-refractivity contribution in [2.24, 2.45) is 0 Å². The summed E-state index contributed by atoms with van der Waals surface area (Å²) in [5.74, 6) is 0.252. The third-order valence-corrected chi connectivity index (χ3v) is 3.38. The van der Waals surface area contributed by atoms with Crippen molar-refractivity contribution in [3.63, 3.8) is 0 Å². The number of unbranched alkanes of at least 4 members (excludes halogenated alkanes) is 1. The highest BCUT2D eigenvalue weighted by Gasteiger charge is 2.22. The predicted octanol–water partition coefficient (Wildman–Crippen LogP) is 2.04. The van der Waals surface area contributed by atoms with E-state index in [1.165, 1.54) is 0 Å². The highest BCUT2D eigenvalue weighted by Crippen LogP contribution is 2.11. The number of carbonyl (C=O) groups is 2. The molecule has 104 valence electrons. The zero-order valence-corrected chi connectivity index (χ0v) is 11.8. The summed E-state index contributed by atoms with van der Waals surface area (Å²) in [5, 5.41) is 0. The highest BCUT2D eigenvalue weighted by molar-refractivity contribution is 5.85. The summed E-state index contributed by atoms with van der Waals surface area (Å²) in [6.45, 7) is 6.87. The molecular formula is C14H26N2O2. The van der Waals surface area contributed by atoms with E-state index in [-0.39, 0.29) is 18.4 Å². The molecular weight excluding hydrogens is 228 g/mol. The lowest BCUT2D eigenvalue weighted by molar-refractivity contribution is -0.142. The van der Waals surface area contributed by atoms with Crippen LogP contribution >= 0.6 is 0 Å². The van der Waals surface area contributed by atoms with Gasteiger partial charge in [0.1, 0.15) is 0 Å². The smallest absolute Gasteiger partial charge is 0.242 e. The topological polar surface area (TPSA) is 40.6 Å². The monoisotopic (exact) mass is 254 g/mol. The third-order valence-electron chi connectivity index (χ3n) is 3.38. The van der Waals surface area contributed by atoms with Crippen LogP contribution in [-0.4, -0.2) is 47.8 Å². The molecule has 0 aromatic carbocycles. The quantitative estimate of drug-likeness (QED) is 0.697. The molecule has 0 unspecified atom stereocenters. The fourth-order valence-electron chi connectivity index (χ4n) is 2.27. The summed E-state index contributed by atoms with van der Waals surface area (Å²) in [6, 6.07) is 0. The second kappa shape index (κ2) is 8.11. The van der Waals surface area contributed by atoms with E-state index in [9.17, 15) is 9.59 Å². The van der Waals surface area contributed by atoms with Gasteiger partial charge in [-0.3, -0.25) is 9.59 Å². The maximum absolute atomic E-state index is 12.2.